The van der Waals surface area contributed by atoms with Gasteiger partial charge in [0, 0.05) is 62.9 Å². The van der Waals surface area contributed by atoms with Gasteiger partial charge in [-0.3, -0.25) is 9.69 Å². The number of aromatic nitrogens is 2. The lowest BCUT2D eigenvalue weighted by molar-refractivity contribution is -0.114. The van der Waals surface area contributed by atoms with Crippen LogP contribution < -0.4 is 20.0 Å². The summed E-state index contributed by atoms with van der Waals surface area (Å²) in [6, 6.07) is 13.3. The summed E-state index contributed by atoms with van der Waals surface area (Å²) in [7, 11) is 3.86. The fourth-order valence-corrected chi connectivity index (χ4v) is 6.16. The first-order valence-electron chi connectivity index (χ1n) is 13.8. The summed E-state index contributed by atoms with van der Waals surface area (Å²) < 4.78 is 0. The third-order valence-corrected chi connectivity index (χ3v) is 8.41. The molecule has 10 nitrogen and oxygen atoms in total. The van der Waals surface area contributed by atoms with Gasteiger partial charge in [-0.1, -0.05) is 36.4 Å². The number of carbonyl (C=O) groups is 2. The van der Waals surface area contributed by atoms with Crippen LogP contribution in [-0.2, 0) is 11.3 Å². The molecule has 1 fully saturated rings. The number of likely N-dealkylation sites (N-methyl/N-ethyl adjacent to an activating group) is 1. The largest absolute Gasteiger partial charge is 0.368 e. The average molecular weight is 573 g/mol. The van der Waals surface area contributed by atoms with Gasteiger partial charge in [0.25, 0.3) is 0 Å². The molecule has 1 atom stereocenters. The van der Waals surface area contributed by atoms with Crippen molar-refractivity contribution in [1.29, 1.82) is 0 Å². The zero-order valence-electron chi connectivity index (χ0n) is 23.3. The normalized spacial score (nSPS) is 19.1. The van der Waals surface area contributed by atoms with Crippen LogP contribution in [0.15, 0.2) is 61.3 Å². The molecular formula is C30H33ClN8O2. The van der Waals surface area contributed by atoms with Crippen molar-refractivity contribution < 1.29 is 9.59 Å². The first kappa shape index (κ1) is 27.0. The van der Waals surface area contributed by atoms with Crippen molar-refractivity contribution in [3.63, 3.8) is 0 Å². The fourth-order valence-electron chi connectivity index (χ4n) is 5.86. The van der Waals surface area contributed by atoms with Gasteiger partial charge < -0.3 is 24.9 Å². The molecule has 1 saturated heterocycles. The van der Waals surface area contributed by atoms with Crippen LogP contribution in [0.3, 0.4) is 0 Å². The Morgan fingerprint density at radius 1 is 1.07 bits per heavy atom. The Kier molecular flexibility index (Phi) is 7.27. The van der Waals surface area contributed by atoms with E-state index in [1.807, 2.05) is 47.4 Å². The molecule has 3 aliphatic heterocycles. The molecule has 212 valence electrons. The molecule has 6 rings (SSSR count). The predicted molar refractivity (Wildman–Crippen MR) is 162 cm³/mol. The Morgan fingerprint density at radius 2 is 1.85 bits per heavy atom. The Morgan fingerprint density at radius 3 is 2.61 bits per heavy atom. The molecular weight excluding hydrogens is 540 g/mol. The minimum absolute atomic E-state index is 0.146. The number of hydrogen-bond donors (Lipinski definition) is 1. The molecule has 3 aromatic rings. The maximum Gasteiger partial charge on any atom is 0.326 e. The van der Waals surface area contributed by atoms with Gasteiger partial charge in [-0.05, 0) is 49.4 Å². The van der Waals surface area contributed by atoms with Crippen molar-refractivity contribution in [2.75, 3.05) is 66.8 Å². The van der Waals surface area contributed by atoms with Gasteiger partial charge in [0.1, 0.15) is 5.82 Å². The third kappa shape index (κ3) is 5.09. The van der Waals surface area contributed by atoms with E-state index in [9.17, 15) is 9.59 Å². The second-order valence-corrected chi connectivity index (χ2v) is 11.1. The van der Waals surface area contributed by atoms with Crippen molar-refractivity contribution >= 4 is 52.4 Å². The first-order valence-corrected chi connectivity index (χ1v) is 14.1. The lowest BCUT2D eigenvalue weighted by atomic mass is 9.94. The summed E-state index contributed by atoms with van der Waals surface area (Å²) in [4.78, 5) is 45.1. The molecule has 3 amide bonds. The number of piperazine rings is 1. The van der Waals surface area contributed by atoms with Crippen molar-refractivity contribution in [3.05, 3.63) is 77.5 Å². The molecule has 0 radical (unpaired) electrons. The number of rotatable bonds is 5. The van der Waals surface area contributed by atoms with E-state index in [4.69, 9.17) is 16.6 Å². The van der Waals surface area contributed by atoms with E-state index in [0.29, 0.717) is 36.3 Å². The Hall–Kier alpha value is -4.15. The molecule has 2 aromatic carbocycles. The van der Waals surface area contributed by atoms with Gasteiger partial charge in [-0.2, -0.15) is 4.98 Å². The van der Waals surface area contributed by atoms with E-state index in [-0.39, 0.29) is 18.0 Å². The molecule has 1 aromatic heterocycles. The Balaban J connectivity index is 1.21. The van der Waals surface area contributed by atoms with Crippen molar-refractivity contribution in [1.82, 2.24) is 19.8 Å². The number of nitrogens with one attached hydrogen (secondary N) is 1. The van der Waals surface area contributed by atoms with E-state index in [1.165, 1.54) is 6.08 Å². The number of fused-ring (bicyclic) bond motifs is 2. The second-order valence-electron chi connectivity index (χ2n) is 10.7. The SMILES string of the molecule is C=CC(=O)N1CCC(N2Cc3cnc(Nc4ccc(N5CCN(C)CC5)c(Cl)c4)nc3N(C)C2=O)c2ccccc21. The molecule has 0 bridgehead atoms. The van der Waals surface area contributed by atoms with Crippen LogP contribution in [0.2, 0.25) is 5.02 Å². The molecule has 0 saturated carbocycles. The highest BCUT2D eigenvalue weighted by Gasteiger charge is 2.38. The number of amides is 3. The number of anilines is 5. The third-order valence-electron chi connectivity index (χ3n) is 8.11. The number of para-hydroxylation sites is 1. The molecule has 4 heterocycles. The highest BCUT2D eigenvalue weighted by Crippen LogP contribution is 2.41. The van der Waals surface area contributed by atoms with Gasteiger partial charge in [0.15, 0.2) is 0 Å². The smallest absolute Gasteiger partial charge is 0.326 e. The minimum atomic E-state index is -0.179. The monoisotopic (exact) mass is 572 g/mol. The molecule has 0 spiro atoms. The predicted octanol–water partition coefficient (Wildman–Crippen LogP) is 4.66. The highest BCUT2D eigenvalue weighted by atomic mass is 35.5. The fraction of sp³-hybridized carbons (Fsp3) is 0.333. The van der Waals surface area contributed by atoms with Crippen LogP contribution in [0.5, 0.6) is 0 Å². The summed E-state index contributed by atoms with van der Waals surface area (Å²) in [5.41, 5.74) is 4.39. The van der Waals surface area contributed by atoms with Gasteiger partial charge in [-0.15, -0.1) is 0 Å². The van der Waals surface area contributed by atoms with Crippen molar-refractivity contribution in [2.45, 2.75) is 19.0 Å². The lowest BCUT2D eigenvalue weighted by Crippen LogP contribution is -2.49. The summed E-state index contributed by atoms with van der Waals surface area (Å²) in [5.74, 6) is 0.810. The van der Waals surface area contributed by atoms with Gasteiger partial charge in [0.2, 0.25) is 11.9 Å². The summed E-state index contributed by atoms with van der Waals surface area (Å²) in [6.45, 7) is 8.39. The number of carbonyl (C=O) groups excluding carboxylic acids is 2. The summed E-state index contributed by atoms with van der Waals surface area (Å²) in [6.07, 6.45) is 3.71. The maximum absolute atomic E-state index is 13.6. The van der Waals surface area contributed by atoms with Gasteiger partial charge in [0.05, 0.1) is 23.3 Å². The van der Waals surface area contributed by atoms with E-state index < -0.39 is 0 Å². The van der Waals surface area contributed by atoms with E-state index >= 15 is 0 Å². The van der Waals surface area contributed by atoms with E-state index in [2.05, 4.69) is 33.7 Å². The molecule has 1 N–H and O–H groups in total. The average Bonchev–Trinajstić information content (AvgIpc) is 2.99. The lowest BCUT2D eigenvalue weighted by Gasteiger charge is -2.43. The Labute approximate surface area is 244 Å². The van der Waals surface area contributed by atoms with Gasteiger partial charge >= 0.3 is 6.03 Å². The maximum atomic E-state index is 13.6. The number of nitrogens with zero attached hydrogens (tertiary/aromatic N) is 7. The Bertz CT molecular complexity index is 1510. The topological polar surface area (TPSA) is 88.2 Å². The number of benzene rings is 2. The van der Waals surface area contributed by atoms with Crippen molar-refractivity contribution in [3.8, 4) is 0 Å². The van der Waals surface area contributed by atoms with Crippen LogP contribution >= 0.6 is 11.6 Å². The quantitative estimate of drug-likeness (QED) is 0.445. The first-order chi connectivity index (χ1) is 19.8. The van der Waals surface area contributed by atoms with E-state index in [0.717, 1.165) is 54.4 Å². The molecule has 41 heavy (non-hydrogen) atoms. The van der Waals surface area contributed by atoms with Crippen LogP contribution in [-0.4, -0.2) is 78.5 Å². The summed E-state index contributed by atoms with van der Waals surface area (Å²) in [5, 5.41) is 3.91. The second kappa shape index (κ2) is 11.0. The zero-order chi connectivity index (χ0) is 28.7. The summed E-state index contributed by atoms with van der Waals surface area (Å²) >= 11 is 6.66. The minimum Gasteiger partial charge on any atom is -0.368 e. The van der Waals surface area contributed by atoms with E-state index in [1.54, 1.807) is 23.0 Å². The van der Waals surface area contributed by atoms with Crippen LogP contribution in [0.25, 0.3) is 0 Å². The number of hydrogen-bond acceptors (Lipinski definition) is 7. The standard InChI is InChI=1S/C30H33ClN8O2/c1-4-27(40)38-12-11-25(22-7-5-6-8-24(22)38)39-19-20-18-32-29(34-28(20)36(3)30(39)41)33-21-9-10-26(23(31)17-21)37-15-13-35(2)14-16-37/h4-10,17-18,25H,1,11-16,19H2,2-3H3,(H,32,33,34). The number of urea groups is 1. The molecule has 11 heteroatoms. The van der Waals surface area contributed by atoms with Crippen LogP contribution in [0.4, 0.5) is 33.6 Å². The zero-order valence-corrected chi connectivity index (χ0v) is 24.0. The van der Waals surface area contributed by atoms with Crippen LogP contribution in [0, 0.1) is 0 Å². The van der Waals surface area contributed by atoms with Gasteiger partial charge in [-0.25, -0.2) is 9.78 Å². The molecule has 0 aliphatic carbocycles. The molecule has 1 unspecified atom stereocenters. The molecule has 3 aliphatic rings. The number of halogens is 1. The highest BCUT2D eigenvalue weighted by molar-refractivity contribution is 6.33. The van der Waals surface area contributed by atoms with Crippen LogP contribution in [0.1, 0.15) is 23.6 Å². The van der Waals surface area contributed by atoms with Crippen molar-refractivity contribution in [2.24, 2.45) is 0 Å².